The van der Waals surface area contributed by atoms with Gasteiger partial charge in [0.25, 0.3) is 0 Å². The van der Waals surface area contributed by atoms with Gasteiger partial charge in [0.05, 0.1) is 30.4 Å². The third-order valence-electron chi connectivity index (χ3n) is 6.47. The van der Waals surface area contributed by atoms with Crippen molar-refractivity contribution in [2.45, 2.75) is 40.0 Å². The second-order valence-corrected chi connectivity index (χ2v) is 12.7. The summed E-state index contributed by atoms with van der Waals surface area (Å²) >= 11 is 0. The number of hydrazine groups is 1. The first kappa shape index (κ1) is 31.3. The van der Waals surface area contributed by atoms with Crippen LogP contribution in [0.15, 0.2) is 54.6 Å². The van der Waals surface area contributed by atoms with E-state index in [9.17, 15) is 13.2 Å². The Balaban J connectivity index is 1.66. The molecule has 4 aromatic rings. The molecule has 5 N–H and O–H groups in total. The van der Waals surface area contributed by atoms with Crippen molar-refractivity contribution in [3.63, 3.8) is 0 Å². The van der Waals surface area contributed by atoms with Crippen molar-refractivity contribution in [2.24, 2.45) is 5.84 Å². The van der Waals surface area contributed by atoms with E-state index in [2.05, 4.69) is 25.3 Å². The number of methoxy groups -OCH3 is 1. The molecule has 1 heterocycles. The summed E-state index contributed by atoms with van der Waals surface area (Å²) in [4.78, 5) is 22.1. The summed E-state index contributed by atoms with van der Waals surface area (Å²) in [7, 11) is -2.21. The van der Waals surface area contributed by atoms with Gasteiger partial charge in [0.2, 0.25) is 21.9 Å². The fraction of sp³-hybridized carbons (Fsp3) is 0.300. The molecule has 0 spiro atoms. The molecule has 0 bridgehead atoms. The molecule has 2 amide bonds. The highest BCUT2D eigenvalue weighted by atomic mass is 32.2. The van der Waals surface area contributed by atoms with E-state index in [1.807, 2.05) is 58.9 Å². The number of rotatable bonds is 9. The van der Waals surface area contributed by atoms with E-state index in [1.54, 1.807) is 30.3 Å². The van der Waals surface area contributed by atoms with Crippen molar-refractivity contribution < 1.29 is 22.7 Å². The van der Waals surface area contributed by atoms with E-state index in [0.29, 0.717) is 41.2 Å². The standard InChI is InChI=1S/C30H37N7O5S/c1-8-37(31)28-32-18(2)15-26(35-28)42-25-14-13-22(20-11-9-10-12-21(20)25)33-29(38)34-23-16-19(30(3,4)5)17-24(27(23)41-6)36-43(7,39)40/h9-17,36H,8,31H2,1-7H3,(H2,33,34,38). The summed E-state index contributed by atoms with van der Waals surface area (Å²) in [5.74, 6) is 7.38. The number of nitrogens with one attached hydrogen (secondary N) is 3. The van der Waals surface area contributed by atoms with Crippen molar-refractivity contribution in [3.05, 3.63) is 65.9 Å². The number of urea groups is 1. The van der Waals surface area contributed by atoms with Crippen LogP contribution >= 0.6 is 0 Å². The number of anilines is 4. The Kier molecular flexibility index (Phi) is 8.97. The van der Waals surface area contributed by atoms with E-state index in [-0.39, 0.29) is 16.9 Å². The minimum atomic E-state index is -3.61. The summed E-state index contributed by atoms with van der Waals surface area (Å²) in [6, 6.07) is 15.6. The molecule has 0 atom stereocenters. The number of hydrogen-bond donors (Lipinski definition) is 4. The van der Waals surface area contributed by atoms with Gasteiger partial charge in [-0.1, -0.05) is 45.0 Å². The molecule has 0 aliphatic carbocycles. The highest BCUT2D eigenvalue weighted by Gasteiger charge is 2.22. The zero-order valence-electron chi connectivity index (χ0n) is 25.3. The molecular weight excluding hydrogens is 570 g/mol. The smallest absolute Gasteiger partial charge is 0.323 e. The molecule has 0 fully saturated rings. The van der Waals surface area contributed by atoms with Crippen LogP contribution in [0.25, 0.3) is 10.8 Å². The predicted octanol–water partition coefficient (Wildman–Crippen LogP) is 5.75. The van der Waals surface area contributed by atoms with E-state index >= 15 is 0 Å². The van der Waals surface area contributed by atoms with Gasteiger partial charge in [-0.2, -0.15) is 4.98 Å². The van der Waals surface area contributed by atoms with Crippen LogP contribution in [0.5, 0.6) is 17.4 Å². The predicted molar refractivity (Wildman–Crippen MR) is 171 cm³/mol. The molecule has 13 heteroatoms. The van der Waals surface area contributed by atoms with Crippen LogP contribution < -0.4 is 35.7 Å². The normalized spacial score (nSPS) is 11.6. The van der Waals surface area contributed by atoms with Crippen LogP contribution in [0, 0.1) is 6.92 Å². The largest absolute Gasteiger partial charge is 0.492 e. The number of nitrogens with two attached hydrogens (primary N) is 1. The second kappa shape index (κ2) is 12.3. The van der Waals surface area contributed by atoms with Crippen LogP contribution in [-0.4, -0.2) is 44.3 Å². The lowest BCUT2D eigenvalue weighted by molar-refractivity contribution is 0.262. The fourth-order valence-electron chi connectivity index (χ4n) is 4.35. The Hall–Kier alpha value is -4.62. The summed E-state index contributed by atoms with van der Waals surface area (Å²) in [5.41, 5.74) is 2.20. The molecule has 4 rings (SSSR count). The number of nitrogens with zero attached hydrogens (tertiary/aromatic N) is 3. The van der Waals surface area contributed by atoms with Gasteiger partial charge in [0.1, 0.15) is 5.75 Å². The maximum absolute atomic E-state index is 13.3. The monoisotopic (exact) mass is 607 g/mol. The van der Waals surface area contributed by atoms with Crippen LogP contribution in [0.4, 0.5) is 27.8 Å². The van der Waals surface area contributed by atoms with Crippen molar-refractivity contribution in [2.75, 3.05) is 40.3 Å². The van der Waals surface area contributed by atoms with Crippen LogP contribution in [0.3, 0.4) is 0 Å². The number of aryl methyl sites for hydroxylation is 1. The highest BCUT2D eigenvalue weighted by Crippen LogP contribution is 2.40. The molecule has 0 unspecified atom stereocenters. The van der Waals surface area contributed by atoms with Crippen LogP contribution in [0.1, 0.15) is 39.0 Å². The Bertz CT molecular complexity index is 1770. The zero-order chi connectivity index (χ0) is 31.5. The van der Waals surface area contributed by atoms with Crippen LogP contribution in [-0.2, 0) is 15.4 Å². The summed E-state index contributed by atoms with van der Waals surface area (Å²) in [5, 5.41) is 8.61. The molecule has 0 saturated heterocycles. The number of carbonyl (C=O) groups excluding carboxylic acids is 1. The van der Waals surface area contributed by atoms with E-state index < -0.39 is 16.1 Å². The Morgan fingerprint density at radius 1 is 0.977 bits per heavy atom. The zero-order valence-corrected chi connectivity index (χ0v) is 26.1. The van der Waals surface area contributed by atoms with Gasteiger partial charge < -0.3 is 20.1 Å². The third-order valence-corrected chi connectivity index (χ3v) is 7.06. The fourth-order valence-corrected chi connectivity index (χ4v) is 4.91. The lowest BCUT2D eigenvalue weighted by atomic mass is 9.86. The molecule has 228 valence electrons. The Morgan fingerprint density at radius 3 is 2.26 bits per heavy atom. The van der Waals surface area contributed by atoms with Gasteiger partial charge in [0, 0.05) is 29.1 Å². The lowest BCUT2D eigenvalue weighted by Gasteiger charge is -2.24. The molecular formula is C30H37N7O5S. The molecule has 0 saturated carbocycles. The molecule has 3 aromatic carbocycles. The summed E-state index contributed by atoms with van der Waals surface area (Å²) in [6.45, 7) is 10.2. The molecule has 43 heavy (non-hydrogen) atoms. The maximum atomic E-state index is 13.3. The quantitative estimate of drug-likeness (QED) is 0.137. The summed E-state index contributed by atoms with van der Waals surface area (Å²) in [6.07, 6.45) is 1.05. The van der Waals surface area contributed by atoms with Crippen molar-refractivity contribution in [1.82, 2.24) is 9.97 Å². The van der Waals surface area contributed by atoms with E-state index in [1.165, 1.54) is 12.1 Å². The highest BCUT2D eigenvalue weighted by molar-refractivity contribution is 7.92. The minimum Gasteiger partial charge on any atom is -0.492 e. The Labute approximate surface area is 251 Å². The molecule has 0 aliphatic heterocycles. The SMILES string of the molecule is CCN(N)c1nc(C)cc(Oc2ccc(NC(=O)Nc3cc(C(C)(C)C)cc(NS(C)(=O)=O)c3OC)c3ccccc23)n1. The van der Waals surface area contributed by atoms with Gasteiger partial charge in [0.15, 0.2) is 5.75 Å². The number of aromatic nitrogens is 2. The third kappa shape index (κ3) is 7.62. The summed E-state index contributed by atoms with van der Waals surface area (Å²) < 4.78 is 38.3. The lowest BCUT2D eigenvalue weighted by Crippen LogP contribution is -2.32. The number of carbonyl (C=O) groups is 1. The van der Waals surface area contributed by atoms with Crippen molar-refractivity contribution >= 4 is 49.8 Å². The van der Waals surface area contributed by atoms with Gasteiger partial charge in [-0.25, -0.2) is 24.0 Å². The van der Waals surface area contributed by atoms with Gasteiger partial charge in [-0.15, -0.1) is 0 Å². The van der Waals surface area contributed by atoms with Crippen molar-refractivity contribution in [3.8, 4) is 17.4 Å². The van der Waals surface area contributed by atoms with E-state index in [0.717, 1.165) is 22.6 Å². The number of sulfonamides is 1. The molecule has 12 nitrogen and oxygen atoms in total. The number of benzene rings is 3. The Morgan fingerprint density at radius 2 is 1.63 bits per heavy atom. The van der Waals surface area contributed by atoms with Crippen LogP contribution in [0.2, 0.25) is 0 Å². The van der Waals surface area contributed by atoms with E-state index in [4.69, 9.17) is 15.3 Å². The number of hydrogen-bond acceptors (Lipinski definition) is 9. The van der Waals surface area contributed by atoms with Gasteiger partial charge in [-0.3, -0.25) is 9.73 Å². The molecule has 1 aromatic heterocycles. The number of fused-ring (bicyclic) bond motifs is 1. The van der Waals surface area contributed by atoms with Crippen molar-refractivity contribution in [1.29, 1.82) is 0 Å². The first-order chi connectivity index (χ1) is 20.2. The maximum Gasteiger partial charge on any atom is 0.323 e. The number of amides is 2. The molecule has 0 aliphatic rings. The first-order valence-corrected chi connectivity index (χ1v) is 15.4. The van der Waals surface area contributed by atoms with Gasteiger partial charge >= 0.3 is 6.03 Å². The minimum absolute atomic E-state index is 0.181. The molecule has 0 radical (unpaired) electrons. The second-order valence-electron chi connectivity index (χ2n) is 11.0. The number of ether oxygens (including phenoxy) is 2. The van der Waals surface area contributed by atoms with Gasteiger partial charge in [-0.05, 0) is 49.1 Å². The average Bonchev–Trinajstić information content (AvgIpc) is 2.92. The first-order valence-electron chi connectivity index (χ1n) is 13.5. The topological polar surface area (TPSA) is 161 Å². The average molecular weight is 608 g/mol.